The van der Waals surface area contributed by atoms with E-state index in [1.165, 1.54) is 12.1 Å². The van der Waals surface area contributed by atoms with E-state index in [4.69, 9.17) is 13.7 Å². The third-order valence-electron chi connectivity index (χ3n) is 11.9. The quantitative estimate of drug-likeness (QED) is 0.371. The van der Waals surface area contributed by atoms with Gasteiger partial charge in [0, 0.05) is 11.5 Å². The van der Waals surface area contributed by atoms with Gasteiger partial charge in [0.1, 0.15) is 12.7 Å². The second-order valence-electron chi connectivity index (χ2n) is 13.7. The molecule has 0 spiro atoms. The molecule has 4 aliphatic carbocycles. The Bertz CT molecular complexity index is 1350. The molecule has 6 rings (SSSR count). The van der Waals surface area contributed by atoms with E-state index in [2.05, 4.69) is 13.8 Å². The summed E-state index contributed by atoms with van der Waals surface area (Å²) in [5.41, 5.74) is 1.01. The zero-order valence-corrected chi connectivity index (χ0v) is 25.1. The lowest BCUT2D eigenvalue weighted by atomic mass is 9.43. The molecule has 41 heavy (non-hydrogen) atoms. The Kier molecular flexibility index (Phi) is 7.18. The van der Waals surface area contributed by atoms with Crippen LogP contribution in [0.3, 0.4) is 0 Å². The molecule has 9 heteroatoms. The van der Waals surface area contributed by atoms with Gasteiger partial charge < -0.3 is 14.6 Å². The van der Waals surface area contributed by atoms with Crippen molar-refractivity contribution in [1.29, 1.82) is 0 Å². The van der Waals surface area contributed by atoms with Crippen LogP contribution in [0.25, 0.3) is 0 Å². The number of esters is 2. The van der Waals surface area contributed by atoms with Gasteiger partial charge in [-0.1, -0.05) is 31.5 Å². The van der Waals surface area contributed by atoms with Crippen LogP contribution in [0.2, 0.25) is 0 Å². The number of hydrogen-bond acceptors (Lipinski definition) is 8. The van der Waals surface area contributed by atoms with E-state index in [9.17, 15) is 23.1 Å². The number of ether oxygens (including phenoxy) is 2. The predicted octanol–water partition coefficient (Wildman–Crippen LogP) is 4.87. The highest BCUT2D eigenvalue weighted by atomic mass is 32.2. The molecule has 4 saturated carbocycles. The lowest BCUT2D eigenvalue weighted by Crippen LogP contribution is -2.62. The second kappa shape index (κ2) is 10.2. The molecule has 4 fully saturated rings. The summed E-state index contributed by atoms with van der Waals surface area (Å²) in [6, 6.07) is 6.30. The Morgan fingerprint density at radius 1 is 1.02 bits per heavy atom. The zero-order valence-electron chi connectivity index (χ0n) is 24.3. The first-order valence-electron chi connectivity index (χ1n) is 15.1. The molecule has 0 saturated heterocycles. The average molecular weight is 587 g/mol. The molecule has 1 N–H and O–H groups in total. The maximum absolute atomic E-state index is 12.6. The largest absolute Gasteiger partial charge is 0.461 e. The number of hydrogen-bond donors (Lipinski definition) is 1. The lowest BCUT2D eigenvalue weighted by molar-refractivity contribution is -0.210. The number of cyclic esters (lactones) is 1. The van der Waals surface area contributed by atoms with Crippen LogP contribution < -0.4 is 0 Å². The maximum Gasteiger partial charge on any atom is 0.333 e. The Morgan fingerprint density at radius 2 is 1.78 bits per heavy atom. The van der Waals surface area contributed by atoms with Gasteiger partial charge in [0.2, 0.25) is 0 Å². The van der Waals surface area contributed by atoms with E-state index < -0.39 is 28.3 Å². The fraction of sp³-hybridized carbons (Fsp3) is 0.688. The minimum Gasteiger partial charge on any atom is -0.461 e. The fourth-order valence-electron chi connectivity index (χ4n) is 9.60. The number of aryl methyl sites for hydroxylation is 1. The summed E-state index contributed by atoms with van der Waals surface area (Å²) in [5, 5.41) is 12.4. The summed E-state index contributed by atoms with van der Waals surface area (Å²) in [4.78, 5) is 24.4. The SMILES string of the molecule is Cc1ccc(S(=O)(=O)OCC(=O)O[C@H]2CC[C@@]3(C)[C@@H](CC[C@@H]4[C@@H]3CC[C@]3(C)[C@@H](C5=CC(=O)OC5)CC[C@]43O)C2)cc1. The molecule has 0 bridgehead atoms. The third-order valence-corrected chi connectivity index (χ3v) is 13.2. The zero-order chi connectivity index (χ0) is 29.2. The molecule has 8 atom stereocenters. The number of carbonyl (C=O) groups excluding carboxylic acids is 2. The van der Waals surface area contributed by atoms with Crippen LogP contribution in [0.4, 0.5) is 0 Å². The molecule has 1 aromatic rings. The van der Waals surface area contributed by atoms with Crippen molar-refractivity contribution >= 4 is 22.1 Å². The van der Waals surface area contributed by atoms with Crippen molar-refractivity contribution in [3.63, 3.8) is 0 Å². The summed E-state index contributed by atoms with van der Waals surface area (Å²) in [6.45, 7) is 6.18. The first-order valence-corrected chi connectivity index (χ1v) is 16.5. The van der Waals surface area contributed by atoms with Crippen LogP contribution in [0.1, 0.15) is 77.2 Å². The van der Waals surface area contributed by atoms with Crippen molar-refractivity contribution in [1.82, 2.24) is 0 Å². The highest BCUT2D eigenvalue weighted by Gasteiger charge is 2.67. The van der Waals surface area contributed by atoms with Crippen LogP contribution in [0, 0.1) is 41.4 Å². The first kappa shape index (κ1) is 28.9. The predicted molar refractivity (Wildman–Crippen MR) is 150 cm³/mol. The van der Waals surface area contributed by atoms with Crippen molar-refractivity contribution in [2.45, 2.75) is 95.2 Å². The number of benzene rings is 1. The summed E-state index contributed by atoms with van der Waals surface area (Å²) in [6.07, 6.45) is 9.29. The van der Waals surface area contributed by atoms with Crippen LogP contribution in [-0.4, -0.2) is 50.4 Å². The van der Waals surface area contributed by atoms with Gasteiger partial charge in [0.05, 0.1) is 10.5 Å². The third kappa shape index (κ3) is 4.76. The minimum atomic E-state index is -4.04. The van der Waals surface area contributed by atoms with E-state index in [-0.39, 0.29) is 39.6 Å². The summed E-state index contributed by atoms with van der Waals surface area (Å²) < 4.78 is 40.9. The monoisotopic (exact) mass is 586 g/mol. The number of fused-ring (bicyclic) bond motifs is 5. The lowest BCUT2D eigenvalue weighted by Gasteiger charge is -2.63. The van der Waals surface area contributed by atoms with Crippen molar-refractivity contribution in [2.24, 2.45) is 34.5 Å². The van der Waals surface area contributed by atoms with Crippen molar-refractivity contribution in [3.8, 4) is 0 Å². The first-order chi connectivity index (χ1) is 19.4. The topological polar surface area (TPSA) is 116 Å². The van der Waals surface area contributed by atoms with Gasteiger partial charge in [-0.05, 0) is 112 Å². The van der Waals surface area contributed by atoms with E-state index >= 15 is 0 Å². The highest BCUT2D eigenvalue weighted by Crippen LogP contribution is 2.70. The molecular weight excluding hydrogens is 544 g/mol. The second-order valence-corrected chi connectivity index (χ2v) is 15.3. The smallest absolute Gasteiger partial charge is 0.333 e. The van der Waals surface area contributed by atoms with E-state index in [1.807, 2.05) is 6.92 Å². The molecule has 5 aliphatic rings. The molecule has 1 aliphatic heterocycles. The van der Waals surface area contributed by atoms with Gasteiger partial charge in [0.25, 0.3) is 10.1 Å². The standard InChI is InChI=1S/C32H42O8S/c1-20-4-7-24(8-5-20)41(36,37)39-19-29(34)40-23-10-13-30(2)22(17-23)6-9-27-26(30)11-14-31(3)25(12-15-32(27,31)35)21-16-28(33)38-18-21/h4-5,7-8,16,22-23,25-27,35H,6,9-15,17-19H2,1-3H3/t22-,23-,25+,26-,27+,30-,31+,32-/m0/s1. The summed E-state index contributed by atoms with van der Waals surface area (Å²) in [7, 11) is -4.04. The number of rotatable bonds is 6. The van der Waals surface area contributed by atoms with Gasteiger partial charge in [-0.2, -0.15) is 8.42 Å². The normalized spacial score (nSPS) is 40.1. The molecule has 1 aromatic carbocycles. The Morgan fingerprint density at radius 3 is 2.49 bits per heavy atom. The fourth-order valence-corrected chi connectivity index (χ4v) is 10.5. The van der Waals surface area contributed by atoms with Gasteiger partial charge in [-0.15, -0.1) is 0 Å². The van der Waals surface area contributed by atoms with Crippen molar-refractivity contribution < 1.29 is 36.8 Å². The van der Waals surface area contributed by atoms with E-state index in [0.29, 0.717) is 18.4 Å². The van der Waals surface area contributed by atoms with Crippen LogP contribution >= 0.6 is 0 Å². The van der Waals surface area contributed by atoms with Gasteiger partial charge >= 0.3 is 11.9 Å². The molecule has 1 heterocycles. The van der Waals surface area contributed by atoms with E-state index in [1.54, 1.807) is 18.2 Å². The van der Waals surface area contributed by atoms with Gasteiger partial charge in [0.15, 0.2) is 6.61 Å². The Balaban J connectivity index is 1.08. The molecular formula is C32H42O8S. The number of aliphatic hydroxyl groups is 1. The minimum absolute atomic E-state index is 0.0155. The summed E-state index contributed by atoms with van der Waals surface area (Å²) in [5.74, 6) is 0.238. The average Bonchev–Trinajstić information content (AvgIpc) is 3.47. The van der Waals surface area contributed by atoms with Gasteiger partial charge in [-0.25, -0.2) is 9.59 Å². The highest BCUT2D eigenvalue weighted by molar-refractivity contribution is 7.86. The van der Waals surface area contributed by atoms with E-state index in [0.717, 1.165) is 68.9 Å². The molecule has 0 aromatic heterocycles. The molecule has 0 radical (unpaired) electrons. The molecule has 224 valence electrons. The number of carbonyl (C=O) groups is 2. The van der Waals surface area contributed by atoms with Crippen molar-refractivity contribution in [3.05, 3.63) is 41.5 Å². The molecule has 0 amide bonds. The maximum atomic E-state index is 12.6. The Hall–Kier alpha value is -2.23. The van der Waals surface area contributed by atoms with Gasteiger partial charge in [-0.3, -0.25) is 4.18 Å². The van der Waals surface area contributed by atoms with Crippen LogP contribution in [-0.2, 0) is 33.4 Å². The molecule has 8 nitrogen and oxygen atoms in total. The Labute approximate surface area is 242 Å². The van der Waals surface area contributed by atoms with Crippen LogP contribution in [0.15, 0.2) is 40.8 Å². The van der Waals surface area contributed by atoms with Crippen LogP contribution in [0.5, 0.6) is 0 Å². The summed E-state index contributed by atoms with van der Waals surface area (Å²) >= 11 is 0. The molecule has 0 unspecified atom stereocenters. The van der Waals surface area contributed by atoms with Crippen molar-refractivity contribution in [2.75, 3.05) is 13.2 Å².